The SMILES string of the molecule is Cc1ccc(N2CCN(CC[C@H]3CC4(CCN(S(=O)(=O)c5ccco5)CC4)C(=O)O3)CC2)cc1. The van der Waals surface area contributed by atoms with E-state index in [1.54, 1.807) is 6.07 Å². The first-order valence-corrected chi connectivity index (χ1v) is 13.6. The number of furan rings is 1. The second-order valence-corrected chi connectivity index (χ2v) is 11.7. The minimum Gasteiger partial charge on any atom is -0.462 e. The molecule has 4 heterocycles. The summed E-state index contributed by atoms with van der Waals surface area (Å²) in [6, 6.07) is 11.7. The number of piperazine rings is 1. The number of anilines is 1. The van der Waals surface area contributed by atoms with Gasteiger partial charge >= 0.3 is 5.97 Å². The van der Waals surface area contributed by atoms with Crippen molar-refractivity contribution in [3.63, 3.8) is 0 Å². The molecule has 0 amide bonds. The third-order valence-electron chi connectivity index (χ3n) is 7.63. The van der Waals surface area contributed by atoms with Crippen molar-refractivity contribution < 1.29 is 22.4 Å². The van der Waals surface area contributed by atoms with Crippen LogP contribution < -0.4 is 4.90 Å². The number of esters is 1. The van der Waals surface area contributed by atoms with Crippen molar-refractivity contribution in [3.05, 3.63) is 48.2 Å². The molecule has 3 fully saturated rings. The molecule has 1 spiro atoms. The number of carbonyl (C=O) groups excluding carboxylic acids is 1. The predicted molar refractivity (Wildman–Crippen MR) is 128 cm³/mol. The van der Waals surface area contributed by atoms with Crippen LogP contribution in [0.2, 0.25) is 0 Å². The molecule has 5 rings (SSSR count). The molecule has 1 aromatic carbocycles. The van der Waals surface area contributed by atoms with Crippen LogP contribution in [0.5, 0.6) is 0 Å². The summed E-state index contributed by atoms with van der Waals surface area (Å²) >= 11 is 0. The maximum atomic E-state index is 12.8. The van der Waals surface area contributed by atoms with Crippen LogP contribution in [-0.4, -0.2) is 75.5 Å². The molecule has 1 atom stereocenters. The summed E-state index contributed by atoms with van der Waals surface area (Å²) in [6.07, 6.45) is 3.78. The minimum absolute atomic E-state index is 0.0437. The fraction of sp³-hybridized carbons (Fsp3) is 0.560. The molecule has 1 aromatic heterocycles. The van der Waals surface area contributed by atoms with E-state index in [4.69, 9.17) is 9.15 Å². The van der Waals surface area contributed by atoms with Crippen LogP contribution in [0.3, 0.4) is 0 Å². The van der Waals surface area contributed by atoms with Crippen LogP contribution in [0.15, 0.2) is 52.2 Å². The van der Waals surface area contributed by atoms with Gasteiger partial charge in [0, 0.05) is 57.9 Å². The van der Waals surface area contributed by atoms with Gasteiger partial charge in [0.15, 0.2) is 0 Å². The van der Waals surface area contributed by atoms with Crippen molar-refractivity contribution in [3.8, 4) is 0 Å². The van der Waals surface area contributed by atoms with Crippen LogP contribution in [0, 0.1) is 12.3 Å². The number of sulfonamides is 1. The molecule has 8 nitrogen and oxygen atoms in total. The lowest BCUT2D eigenvalue weighted by Gasteiger charge is -2.36. The summed E-state index contributed by atoms with van der Waals surface area (Å²) in [5.74, 6) is -0.156. The number of benzene rings is 1. The van der Waals surface area contributed by atoms with E-state index in [0.29, 0.717) is 32.4 Å². The number of carbonyl (C=O) groups is 1. The molecule has 9 heteroatoms. The molecule has 34 heavy (non-hydrogen) atoms. The Kier molecular flexibility index (Phi) is 6.43. The zero-order chi connectivity index (χ0) is 23.8. The highest BCUT2D eigenvalue weighted by molar-refractivity contribution is 7.89. The fourth-order valence-electron chi connectivity index (χ4n) is 5.41. The van der Waals surface area contributed by atoms with Crippen molar-refractivity contribution in [1.29, 1.82) is 0 Å². The molecule has 3 aliphatic heterocycles. The summed E-state index contributed by atoms with van der Waals surface area (Å²) in [7, 11) is -3.64. The zero-order valence-corrected chi connectivity index (χ0v) is 20.5. The highest BCUT2D eigenvalue weighted by Gasteiger charge is 2.51. The van der Waals surface area contributed by atoms with E-state index >= 15 is 0 Å². The van der Waals surface area contributed by atoms with E-state index < -0.39 is 15.4 Å². The molecule has 3 aliphatic rings. The normalized spacial score (nSPS) is 24.0. The fourth-order valence-corrected chi connectivity index (χ4v) is 6.76. The standard InChI is InChI=1S/C25H33N3O5S/c1-20-4-6-21(7-5-20)27-16-14-26(15-17-27)11-8-22-19-25(24(29)33-22)9-12-28(13-10-25)34(30,31)23-3-2-18-32-23/h2-7,18,22H,8-17,19H2,1H3/t22-/m0/s1. The Morgan fingerprint density at radius 1 is 1.00 bits per heavy atom. The van der Waals surface area contributed by atoms with Gasteiger partial charge in [-0.15, -0.1) is 0 Å². The topological polar surface area (TPSA) is 83.3 Å². The number of hydrogen-bond acceptors (Lipinski definition) is 7. The Bertz CT molecular complexity index is 1080. The number of ether oxygens (including phenoxy) is 1. The van der Waals surface area contributed by atoms with Gasteiger partial charge in [-0.1, -0.05) is 17.7 Å². The summed E-state index contributed by atoms with van der Waals surface area (Å²) < 4.78 is 37.7. The third kappa shape index (κ3) is 4.61. The number of rotatable bonds is 6. The molecule has 0 saturated carbocycles. The largest absolute Gasteiger partial charge is 0.462 e. The van der Waals surface area contributed by atoms with Crippen molar-refractivity contribution in [2.75, 3.05) is 50.7 Å². The highest BCUT2D eigenvalue weighted by atomic mass is 32.2. The van der Waals surface area contributed by atoms with E-state index in [0.717, 1.165) is 39.1 Å². The molecule has 0 radical (unpaired) electrons. The van der Waals surface area contributed by atoms with E-state index in [9.17, 15) is 13.2 Å². The summed E-state index contributed by atoms with van der Waals surface area (Å²) in [5, 5.41) is -0.0437. The predicted octanol–water partition coefficient (Wildman–Crippen LogP) is 2.89. The zero-order valence-electron chi connectivity index (χ0n) is 19.7. The number of cyclic esters (lactones) is 1. The smallest absolute Gasteiger partial charge is 0.312 e. The van der Waals surface area contributed by atoms with Crippen LogP contribution in [0.4, 0.5) is 5.69 Å². The van der Waals surface area contributed by atoms with Crippen LogP contribution in [-0.2, 0) is 19.6 Å². The number of aryl methyl sites for hydroxylation is 1. The highest BCUT2D eigenvalue weighted by Crippen LogP contribution is 2.44. The summed E-state index contributed by atoms with van der Waals surface area (Å²) in [6.45, 7) is 7.63. The Balaban J connectivity index is 1.09. The van der Waals surface area contributed by atoms with Gasteiger partial charge < -0.3 is 14.1 Å². The molecular formula is C25H33N3O5S. The average Bonchev–Trinajstić information content (AvgIpc) is 3.49. The molecule has 0 aliphatic carbocycles. The first-order valence-electron chi connectivity index (χ1n) is 12.1. The van der Waals surface area contributed by atoms with Gasteiger partial charge in [-0.2, -0.15) is 4.31 Å². The van der Waals surface area contributed by atoms with Crippen molar-refractivity contribution >= 4 is 21.7 Å². The van der Waals surface area contributed by atoms with Gasteiger partial charge in [-0.3, -0.25) is 9.69 Å². The Morgan fingerprint density at radius 2 is 1.71 bits per heavy atom. The molecule has 0 bridgehead atoms. The van der Waals surface area contributed by atoms with E-state index in [1.165, 1.54) is 27.9 Å². The van der Waals surface area contributed by atoms with E-state index in [2.05, 4.69) is 41.0 Å². The molecule has 184 valence electrons. The number of nitrogens with zero attached hydrogens (tertiary/aromatic N) is 3. The third-order valence-corrected chi connectivity index (χ3v) is 9.42. The molecule has 2 aromatic rings. The lowest BCUT2D eigenvalue weighted by Crippen LogP contribution is -2.47. The van der Waals surface area contributed by atoms with Crippen LogP contribution in [0.1, 0.15) is 31.2 Å². The lowest BCUT2D eigenvalue weighted by atomic mass is 9.76. The monoisotopic (exact) mass is 487 g/mol. The maximum absolute atomic E-state index is 12.8. The number of hydrogen-bond donors (Lipinski definition) is 0. The van der Waals surface area contributed by atoms with Gasteiger partial charge in [0.1, 0.15) is 6.10 Å². The second-order valence-electron chi connectivity index (χ2n) is 9.80. The van der Waals surface area contributed by atoms with E-state index in [1.807, 2.05) is 0 Å². The first kappa shape index (κ1) is 23.4. The Morgan fingerprint density at radius 3 is 2.35 bits per heavy atom. The van der Waals surface area contributed by atoms with Gasteiger partial charge in [0.25, 0.3) is 10.0 Å². The van der Waals surface area contributed by atoms with Gasteiger partial charge in [-0.05, 0) is 50.5 Å². The summed E-state index contributed by atoms with van der Waals surface area (Å²) in [4.78, 5) is 17.7. The number of piperidine rings is 1. The van der Waals surface area contributed by atoms with E-state index in [-0.39, 0.29) is 17.2 Å². The van der Waals surface area contributed by atoms with Crippen molar-refractivity contribution in [2.24, 2.45) is 5.41 Å². The quantitative estimate of drug-likeness (QED) is 0.580. The van der Waals surface area contributed by atoms with Gasteiger partial charge in [0.05, 0.1) is 11.7 Å². The second kappa shape index (κ2) is 9.36. The summed E-state index contributed by atoms with van der Waals surface area (Å²) in [5.41, 5.74) is 2.00. The van der Waals surface area contributed by atoms with Gasteiger partial charge in [0.2, 0.25) is 5.09 Å². The van der Waals surface area contributed by atoms with Crippen LogP contribution >= 0.6 is 0 Å². The average molecular weight is 488 g/mol. The van der Waals surface area contributed by atoms with Gasteiger partial charge in [-0.25, -0.2) is 8.42 Å². The van der Waals surface area contributed by atoms with Crippen molar-refractivity contribution in [2.45, 2.75) is 43.8 Å². The Labute approximate surface area is 201 Å². The van der Waals surface area contributed by atoms with Crippen molar-refractivity contribution in [1.82, 2.24) is 9.21 Å². The minimum atomic E-state index is -3.64. The maximum Gasteiger partial charge on any atom is 0.312 e. The molecular weight excluding hydrogens is 454 g/mol. The Hall–Kier alpha value is -2.36. The molecule has 0 N–H and O–H groups in total. The van der Waals surface area contributed by atoms with Crippen LogP contribution in [0.25, 0.3) is 0 Å². The lowest BCUT2D eigenvalue weighted by molar-refractivity contribution is -0.150. The molecule has 0 unspecified atom stereocenters. The first-order chi connectivity index (χ1) is 16.4. The molecule has 3 saturated heterocycles.